The van der Waals surface area contributed by atoms with Gasteiger partial charge in [-0.05, 0) is 37.0 Å². The second kappa shape index (κ2) is 6.14. The molecule has 1 rings (SSSR count). The van der Waals surface area contributed by atoms with Crippen LogP contribution in [-0.2, 0) is 6.54 Å². The van der Waals surface area contributed by atoms with Crippen molar-refractivity contribution in [2.45, 2.75) is 33.2 Å². The third-order valence-corrected chi connectivity index (χ3v) is 2.44. The molecule has 1 aromatic rings. The van der Waals surface area contributed by atoms with E-state index in [9.17, 15) is 0 Å². The van der Waals surface area contributed by atoms with Crippen molar-refractivity contribution in [1.82, 2.24) is 0 Å². The van der Waals surface area contributed by atoms with Crippen LogP contribution >= 0.6 is 0 Å². The van der Waals surface area contributed by atoms with Crippen molar-refractivity contribution < 1.29 is 4.74 Å². The number of hydrogen-bond donors (Lipinski definition) is 1. The summed E-state index contributed by atoms with van der Waals surface area (Å²) in [6, 6.07) is 6.20. The van der Waals surface area contributed by atoms with E-state index in [1.807, 2.05) is 26.0 Å². The first-order chi connectivity index (χ1) is 7.69. The highest BCUT2D eigenvalue weighted by molar-refractivity contribution is 5.43. The number of nitriles is 1. The van der Waals surface area contributed by atoms with Crippen LogP contribution in [0.4, 0.5) is 0 Å². The summed E-state index contributed by atoms with van der Waals surface area (Å²) in [6.45, 7) is 5.19. The molecule has 1 aromatic carbocycles. The van der Waals surface area contributed by atoms with E-state index in [0.717, 1.165) is 28.9 Å². The molecule has 0 aliphatic heterocycles. The van der Waals surface area contributed by atoms with E-state index in [4.69, 9.17) is 15.7 Å². The number of hydrogen-bond acceptors (Lipinski definition) is 3. The van der Waals surface area contributed by atoms with E-state index in [1.165, 1.54) is 0 Å². The van der Waals surface area contributed by atoms with Gasteiger partial charge in [0.15, 0.2) is 0 Å². The smallest absolute Gasteiger partial charge is 0.125 e. The van der Waals surface area contributed by atoms with Crippen molar-refractivity contribution in [2.75, 3.05) is 6.61 Å². The summed E-state index contributed by atoms with van der Waals surface area (Å²) < 4.78 is 5.68. The Hall–Kier alpha value is -1.53. The molecule has 0 spiro atoms. The summed E-state index contributed by atoms with van der Waals surface area (Å²) in [5.74, 6) is 0.926. The van der Waals surface area contributed by atoms with Crippen LogP contribution in [0.5, 0.6) is 5.75 Å². The van der Waals surface area contributed by atoms with Crippen molar-refractivity contribution in [3.8, 4) is 11.8 Å². The van der Waals surface area contributed by atoms with Crippen LogP contribution in [0.15, 0.2) is 12.1 Å². The lowest BCUT2D eigenvalue weighted by Gasteiger charge is -2.13. The van der Waals surface area contributed by atoms with Crippen LogP contribution < -0.4 is 10.5 Å². The van der Waals surface area contributed by atoms with Gasteiger partial charge in [-0.2, -0.15) is 5.26 Å². The maximum atomic E-state index is 8.42. The van der Waals surface area contributed by atoms with Crippen LogP contribution in [0.2, 0.25) is 0 Å². The maximum Gasteiger partial charge on any atom is 0.125 e. The Bertz CT molecular complexity index is 370. The molecule has 3 heteroatoms. The average molecular weight is 218 g/mol. The van der Waals surface area contributed by atoms with Gasteiger partial charge in [0, 0.05) is 13.0 Å². The highest BCUT2D eigenvalue weighted by atomic mass is 16.5. The fraction of sp³-hybridized carbons (Fsp3) is 0.462. The Morgan fingerprint density at radius 2 is 1.94 bits per heavy atom. The van der Waals surface area contributed by atoms with Crippen LogP contribution in [0.1, 0.15) is 29.5 Å². The summed E-state index contributed by atoms with van der Waals surface area (Å²) in [7, 11) is 0. The lowest BCUT2D eigenvalue weighted by Crippen LogP contribution is -2.03. The summed E-state index contributed by atoms with van der Waals surface area (Å²) in [4.78, 5) is 0. The number of aryl methyl sites for hydroxylation is 2. The molecule has 0 fully saturated rings. The SMILES string of the molecule is Cc1cc(CN)cc(C)c1OCCCC#N. The van der Waals surface area contributed by atoms with Crippen molar-refractivity contribution in [2.24, 2.45) is 5.73 Å². The maximum absolute atomic E-state index is 8.42. The first kappa shape index (κ1) is 12.5. The molecule has 0 radical (unpaired) electrons. The first-order valence-corrected chi connectivity index (χ1v) is 5.49. The Balaban J connectivity index is 2.69. The van der Waals surface area contributed by atoms with Crippen molar-refractivity contribution in [3.05, 3.63) is 28.8 Å². The van der Waals surface area contributed by atoms with E-state index in [0.29, 0.717) is 19.6 Å². The quantitative estimate of drug-likeness (QED) is 0.772. The number of ether oxygens (including phenoxy) is 1. The van der Waals surface area contributed by atoms with Gasteiger partial charge in [0.2, 0.25) is 0 Å². The average Bonchev–Trinajstić information content (AvgIpc) is 2.26. The molecule has 0 saturated carbocycles. The van der Waals surface area contributed by atoms with E-state index in [1.54, 1.807) is 0 Å². The Kier molecular flexibility index (Phi) is 4.81. The molecule has 0 aromatic heterocycles. The Morgan fingerprint density at radius 1 is 1.31 bits per heavy atom. The molecule has 2 N–H and O–H groups in total. The van der Waals surface area contributed by atoms with E-state index in [-0.39, 0.29) is 0 Å². The van der Waals surface area contributed by atoms with Gasteiger partial charge in [-0.15, -0.1) is 0 Å². The molecule has 86 valence electrons. The van der Waals surface area contributed by atoms with Crippen LogP contribution in [0, 0.1) is 25.2 Å². The molecule has 0 unspecified atom stereocenters. The highest BCUT2D eigenvalue weighted by Gasteiger charge is 2.05. The van der Waals surface area contributed by atoms with Gasteiger partial charge in [0.25, 0.3) is 0 Å². The zero-order chi connectivity index (χ0) is 12.0. The molecule has 0 aliphatic carbocycles. The van der Waals surface area contributed by atoms with Crippen LogP contribution in [-0.4, -0.2) is 6.61 Å². The largest absolute Gasteiger partial charge is 0.493 e. The summed E-state index contributed by atoms with van der Waals surface area (Å²) in [6.07, 6.45) is 1.31. The normalized spacial score (nSPS) is 9.88. The van der Waals surface area contributed by atoms with Crippen molar-refractivity contribution in [3.63, 3.8) is 0 Å². The van der Waals surface area contributed by atoms with Crippen LogP contribution in [0.3, 0.4) is 0 Å². The lowest BCUT2D eigenvalue weighted by atomic mass is 10.1. The van der Waals surface area contributed by atoms with Gasteiger partial charge in [0.1, 0.15) is 5.75 Å². The second-order valence-electron chi connectivity index (χ2n) is 3.87. The van der Waals surface area contributed by atoms with Gasteiger partial charge in [-0.3, -0.25) is 0 Å². The minimum atomic E-state index is 0.541. The zero-order valence-corrected chi connectivity index (χ0v) is 9.92. The monoisotopic (exact) mass is 218 g/mol. The molecule has 0 atom stereocenters. The fourth-order valence-corrected chi connectivity index (χ4v) is 1.71. The standard InChI is InChI=1S/C13H18N2O/c1-10-7-12(9-15)8-11(2)13(10)16-6-4-3-5-14/h7-8H,3-4,6,9,15H2,1-2H3. The molecule has 3 nitrogen and oxygen atoms in total. The molecule has 0 aliphatic rings. The van der Waals surface area contributed by atoms with Crippen LogP contribution in [0.25, 0.3) is 0 Å². The molecular formula is C13H18N2O. The predicted octanol–water partition coefficient (Wildman–Crippen LogP) is 2.44. The topological polar surface area (TPSA) is 59.0 Å². The van der Waals surface area contributed by atoms with Gasteiger partial charge in [-0.25, -0.2) is 0 Å². The van der Waals surface area contributed by atoms with Gasteiger partial charge >= 0.3 is 0 Å². The van der Waals surface area contributed by atoms with Crippen molar-refractivity contribution in [1.29, 1.82) is 5.26 Å². The number of nitrogens with two attached hydrogens (primary N) is 1. The number of rotatable bonds is 5. The van der Waals surface area contributed by atoms with E-state index in [2.05, 4.69) is 6.07 Å². The summed E-state index contributed by atoms with van der Waals surface area (Å²) in [5, 5.41) is 8.42. The van der Waals surface area contributed by atoms with Crippen molar-refractivity contribution >= 4 is 0 Å². The molecule has 0 amide bonds. The highest BCUT2D eigenvalue weighted by Crippen LogP contribution is 2.24. The summed E-state index contributed by atoms with van der Waals surface area (Å²) in [5.41, 5.74) is 8.94. The minimum Gasteiger partial charge on any atom is -0.493 e. The van der Waals surface area contributed by atoms with Gasteiger partial charge < -0.3 is 10.5 Å². The molecule has 0 heterocycles. The zero-order valence-electron chi connectivity index (χ0n) is 9.92. The first-order valence-electron chi connectivity index (χ1n) is 5.49. The molecule has 16 heavy (non-hydrogen) atoms. The Labute approximate surface area is 96.8 Å². The van der Waals surface area contributed by atoms with E-state index < -0.39 is 0 Å². The fourth-order valence-electron chi connectivity index (χ4n) is 1.71. The molecular weight excluding hydrogens is 200 g/mol. The van der Waals surface area contributed by atoms with Gasteiger partial charge in [0.05, 0.1) is 12.7 Å². The lowest BCUT2D eigenvalue weighted by molar-refractivity contribution is 0.308. The number of benzene rings is 1. The number of nitrogens with zero attached hydrogens (tertiary/aromatic N) is 1. The second-order valence-corrected chi connectivity index (χ2v) is 3.87. The predicted molar refractivity (Wildman–Crippen MR) is 64.1 cm³/mol. The number of unbranched alkanes of at least 4 members (excludes halogenated alkanes) is 1. The molecule has 0 saturated heterocycles. The third kappa shape index (κ3) is 3.25. The third-order valence-electron chi connectivity index (χ3n) is 2.44. The Morgan fingerprint density at radius 3 is 2.44 bits per heavy atom. The minimum absolute atomic E-state index is 0.541. The summed E-state index contributed by atoms with van der Waals surface area (Å²) >= 11 is 0. The van der Waals surface area contributed by atoms with Gasteiger partial charge in [-0.1, -0.05) is 12.1 Å². The van der Waals surface area contributed by atoms with E-state index >= 15 is 0 Å². The molecule has 0 bridgehead atoms.